The van der Waals surface area contributed by atoms with Gasteiger partial charge >= 0.3 is 0 Å². The Labute approximate surface area is 102 Å². The lowest BCUT2D eigenvalue weighted by atomic mass is 10.3. The lowest BCUT2D eigenvalue weighted by Gasteiger charge is -2.13. The normalized spacial score (nSPS) is 10.5. The van der Waals surface area contributed by atoms with Gasteiger partial charge in [-0.2, -0.15) is 11.8 Å². The molecule has 0 aliphatic rings. The van der Waals surface area contributed by atoms with Crippen LogP contribution in [0.25, 0.3) is 0 Å². The molecular formula is C12H20N2OS. The van der Waals surface area contributed by atoms with Crippen LogP contribution < -0.4 is 10.1 Å². The van der Waals surface area contributed by atoms with Crippen molar-refractivity contribution >= 4 is 17.4 Å². The monoisotopic (exact) mass is 240 g/mol. The summed E-state index contributed by atoms with van der Waals surface area (Å²) in [6, 6.07) is 3.92. The SMILES string of the molecule is CSCCCNc1cccnc1OC(C)C. The van der Waals surface area contributed by atoms with Crippen molar-refractivity contribution in [2.24, 2.45) is 0 Å². The summed E-state index contributed by atoms with van der Waals surface area (Å²) in [4.78, 5) is 4.23. The fourth-order valence-electron chi connectivity index (χ4n) is 1.28. The molecule has 1 aromatic heterocycles. The number of pyridine rings is 1. The Bertz CT molecular complexity index is 305. The number of aromatic nitrogens is 1. The van der Waals surface area contributed by atoms with Crippen molar-refractivity contribution in [3.63, 3.8) is 0 Å². The van der Waals surface area contributed by atoms with Gasteiger partial charge in [0.05, 0.1) is 11.8 Å². The second-order valence-corrected chi connectivity index (χ2v) is 4.78. The Morgan fingerprint density at radius 3 is 3.00 bits per heavy atom. The zero-order valence-electron chi connectivity index (χ0n) is 10.2. The smallest absolute Gasteiger partial charge is 0.237 e. The lowest BCUT2D eigenvalue weighted by molar-refractivity contribution is 0.234. The lowest BCUT2D eigenvalue weighted by Crippen LogP contribution is -2.10. The summed E-state index contributed by atoms with van der Waals surface area (Å²) in [7, 11) is 0. The molecule has 0 aliphatic carbocycles. The predicted molar refractivity (Wildman–Crippen MR) is 71.5 cm³/mol. The third-order valence-corrected chi connectivity index (χ3v) is 2.66. The van der Waals surface area contributed by atoms with Gasteiger partial charge < -0.3 is 10.1 Å². The van der Waals surface area contributed by atoms with Gasteiger partial charge in [0, 0.05) is 12.7 Å². The van der Waals surface area contributed by atoms with Crippen LogP contribution in [0.15, 0.2) is 18.3 Å². The van der Waals surface area contributed by atoms with Crippen LogP contribution in [0, 0.1) is 0 Å². The second kappa shape index (κ2) is 7.39. The molecule has 1 heterocycles. The van der Waals surface area contributed by atoms with E-state index < -0.39 is 0 Å². The molecule has 0 aromatic carbocycles. The van der Waals surface area contributed by atoms with E-state index in [2.05, 4.69) is 16.6 Å². The van der Waals surface area contributed by atoms with Gasteiger partial charge in [0.2, 0.25) is 5.88 Å². The summed E-state index contributed by atoms with van der Waals surface area (Å²) >= 11 is 1.86. The van der Waals surface area contributed by atoms with Crippen molar-refractivity contribution in [1.82, 2.24) is 4.98 Å². The molecule has 0 radical (unpaired) electrons. The van der Waals surface area contributed by atoms with Crippen LogP contribution in [0.1, 0.15) is 20.3 Å². The average molecular weight is 240 g/mol. The Hall–Kier alpha value is -0.900. The van der Waals surface area contributed by atoms with Gasteiger partial charge in [-0.15, -0.1) is 0 Å². The summed E-state index contributed by atoms with van der Waals surface area (Å²) in [6.45, 7) is 4.97. The van der Waals surface area contributed by atoms with Crippen molar-refractivity contribution in [1.29, 1.82) is 0 Å². The number of thioether (sulfide) groups is 1. The quantitative estimate of drug-likeness (QED) is 0.743. The molecule has 3 nitrogen and oxygen atoms in total. The summed E-state index contributed by atoms with van der Waals surface area (Å²) in [6.07, 6.45) is 5.18. The number of hydrogen-bond acceptors (Lipinski definition) is 4. The maximum atomic E-state index is 5.62. The Morgan fingerprint density at radius 1 is 1.50 bits per heavy atom. The molecule has 1 N–H and O–H groups in total. The van der Waals surface area contributed by atoms with E-state index in [1.807, 2.05) is 37.7 Å². The van der Waals surface area contributed by atoms with Gasteiger partial charge in [0.1, 0.15) is 0 Å². The summed E-state index contributed by atoms with van der Waals surface area (Å²) < 4.78 is 5.62. The van der Waals surface area contributed by atoms with Gasteiger partial charge in [0.25, 0.3) is 0 Å². The molecule has 0 unspecified atom stereocenters. The highest BCUT2D eigenvalue weighted by molar-refractivity contribution is 7.98. The molecule has 0 amide bonds. The fraction of sp³-hybridized carbons (Fsp3) is 0.583. The van der Waals surface area contributed by atoms with Gasteiger partial charge in [-0.1, -0.05) is 0 Å². The molecule has 0 saturated heterocycles. The van der Waals surface area contributed by atoms with E-state index in [4.69, 9.17) is 4.74 Å². The number of nitrogens with zero attached hydrogens (tertiary/aromatic N) is 1. The van der Waals surface area contributed by atoms with Gasteiger partial charge in [-0.3, -0.25) is 0 Å². The molecule has 0 bridgehead atoms. The van der Waals surface area contributed by atoms with Crippen molar-refractivity contribution in [2.45, 2.75) is 26.4 Å². The molecule has 16 heavy (non-hydrogen) atoms. The molecule has 0 aliphatic heterocycles. The van der Waals surface area contributed by atoms with E-state index in [0.717, 1.165) is 18.7 Å². The molecule has 1 rings (SSSR count). The Balaban J connectivity index is 2.50. The molecule has 90 valence electrons. The molecule has 0 spiro atoms. The average Bonchev–Trinajstić information content (AvgIpc) is 2.26. The first kappa shape index (κ1) is 13.2. The minimum Gasteiger partial charge on any atom is -0.473 e. The summed E-state index contributed by atoms with van der Waals surface area (Å²) in [5.74, 6) is 1.87. The highest BCUT2D eigenvalue weighted by atomic mass is 32.2. The van der Waals surface area contributed by atoms with Crippen LogP contribution in [0.5, 0.6) is 5.88 Å². The number of hydrogen-bond donors (Lipinski definition) is 1. The Kier molecular flexibility index (Phi) is 6.08. The van der Waals surface area contributed by atoms with Crippen molar-refractivity contribution in [2.75, 3.05) is 23.9 Å². The highest BCUT2D eigenvalue weighted by Gasteiger charge is 2.05. The molecule has 1 aromatic rings. The van der Waals surface area contributed by atoms with E-state index in [1.165, 1.54) is 5.75 Å². The number of anilines is 1. The second-order valence-electron chi connectivity index (χ2n) is 3.80. The predicted octanol–water partition coefficient (Wildman–Crippen LogP) is 3.03. The number of nitrogens with one attached hydrogen (secondary N) is 1. The number of rotatable bonds is 7. The third-order valence-electron chi connectivity index (χ3n) is 1.96. The first-order chi connectivity index (χ1) is 7.74. The zero-order chi connectivity index (χ0) is 11.8. The zero-order valence-corrected chi connectivity index (χ0v) is 11.0. The van der Waals surface area contributed by atoms with E-state index in [1.54, 1.807) is 6.20 Å². The van der Waals surface area contributed by atoms with Crippen LogP contribution in [0.2, 0.25) is 0 Å². The van der Waals surface area contributed by atoms with Crippen molar-refractivity contribution < 1.29 is 4.74 Å². The third kappa shape index (κ3) is 4.75. The van der Waals surface area contributed by atoms with Crippen LogP contribution in [-0.2, 0) is 0 Å². The van der Waals surface area contributed by atoms with Crippen molar-refractivity contribution in [3.8, 4) is 5.88 Å². The maximum Gasteiger partial charge on any atom is 0.237 e. The van der Waals surface area contributed by atoms with Crippen molar-refractivity contribution in [3.05, 3.63) is 18.3 Å². The van der Waals surface area contributed by atoms with E-state index in [9.17, 15) is 0 Å². The molecule has 0 atom stereocenters. The van der Waals surface area contributed by atoms with Crippen LogP contribution in [0.3, 0.4) is 0 Å². The first-order valence-corrected chi connectivity index (χ1v) is 6.98. The largest absolute Gasteiger partial charge is 0.473 e. The molecule has 0 saturated carbocycles. The van der Waals surface area contributed by atoms with E-state index in [0.29, 0.717) is 5.88 Å². The first-order valence-electron chi connectivity index (χ1n) is 5.58. The van der Waals surface area contributed by atoms with Crippen LogP contribution >= 0.6 is 11.8 Å². The van der Waals surface area contributed by atoms with E-state index >= 15 is 0 Å². The van der Waals surface area contributed by atoms with E-state index in [-0.39, 0.29) is 6.10 Å². The topological polar surface area (TPSA) is 34.2 Å². The minimum atomic E-state index is 0.154. The molecular weight excluding hydrogens is 220 g/mol. The minimum absolute atomic E-state index is 0.154. The highest BCUT2D eigenvalue weighted by Crippen LogP contribution is 2.21. The summed E-state index contributed by atoms with van der Waals surface area (Å²) in [5, 5.41) is 3.35. The van der Waals surface area contributed by atoms with Gasteiger partial charge in [-0.25, -0.2) is 4.98 Å². The Morgan fingerprint density at radius 2 is 2.31 bits per heavy atom. The summed E-state index contributed by atoms with van der Waals surface area (Å²) in [5.41, 5.74) is 0.984. The fourth-order valence-corrected chi connectivity index (χ4v) is 1.72. The molecule has 4 heteroatoms. The molecule has 0 fully saturated rings. The van der Waals surface area contributed by atoms with Gasteiger partial charge in [0.15, 0.2) is 0 Å². The van der Waals surface area contributed by atoms with Crippen LogP contribution in [0.4, 0.5) is 5.69 Å². The maximum absolute atomic E-state index is 5.62. The van der Waals surface area contributed by atoms with Crippen LogP contribution in [-0.4, -0.2) is 29.6 Å². The van der Waals surface area contributed by atoms with Gasteiger partial charge in [-0.05, 0) is 44.4 Å². The standard InChI is InChI=1S/C12H20N2OS/c1-10(2)15-12-11(6-4-7-14-12)13-8-5-9-16-3/h4,6-7,10,13H,5,8-9H2,1-3H3. The number of ether oxygens (including phenoxy) is 1.